The van der Waals surface area contributed by atoms with Crippen LogP contribution in [0.15, 0.2) is 60.7 Å². The lowest BCUT2D eigenvalue weighted by Crippen LogP contribution is -2.68. The molecule has 25 heavy (non-hydrogen) atoms. The van der Waals surface area contributed by atoms with E-state index in [4.69, 9.17) is 11.5 Å². The maximum absolute atomic E-state index is 11.8. The summed E-state index contributed by atoms with van der Waals surface area (Å²) >= 11 is 0. The van der Waals surface area contributed by atoms with Crippen LogP contribution in [-0.2, 0) is 4.79 Å². The summed E-state index contributed by atoms with van der Waals surface area (Å²) in [5, 5.41) is 0. The number of nitrogens with two attached hydrogens (primary N) is 2. The fourth-order valence-corrected chi connectivity index (χ4v) is 4.87. The third-order valence-electron chi connectivity index (χ3n) is 6.03. The first kappa shape index (κ1) is 16.3. The second-order valence-corrected chi connectivity index (χ2v) is 7.32. The summed E-state index contributed by atoms with van der Waals surface area (Å²) in [4.78, 5) is 14.2. The zero-order chi connectivity index (χ0) is 17.4. The highest BCUT2D eigenvalue weighted by Crippen LogP contribution is 2.43. The number of benzene rings is 2. The van der Waals surface area contributed by atoms with Gasteiger partial charge in [0.05, 0.1) is 5.92 Å². The molecule has 3 fully saturated rings. The Balaban J connectivity index is 1.75. The maximum atomic E-state index is 11.8. The summed E-state index contributed by atoms with van der Waals surface area (Å²) in [6, 6.07) is 21.3. The van der Waals surface area contributed by atoms with Gasteiger partial charge in [-0.2, -0.15) is 0 Å². The van der Waals surface area contributed by atoms with Gasteiger partial charge in [0, 0.05) is 24.5 Å². The van der Waals surface area contributed by atoms with E-state index in [1.165, 1.54) is 11.1 Å². The fraction of sp³-hybridized carbons (Fsp3) is 0.381. The van der Waals surface area contributed by atoms with E-state index in [0.29, 0.717) is 0 Å². The summed E-state index contributed by atoms with van der Waals surface area (Å²) in [5.41, 5.74) is 14.9. The third kappa shape index (κ3) is 2.86. The minimum atomic E-state index is -0.209. The van der Waals surface area contributed by atoms with Gasteiger partial charge >= 0.3 is 0 Å². The van der Waals surface area contributed by atoms with Crippen LogP contribution >= 0.6 is 0 Å². The Kier molecular flexibility index (Phi) is 4.32. The first-order valence-electron chi connectivity index (χ1n) is 9.05. The van der Waals surface area contributed by atoms with E-state index in [0.717, 1.165) is 19.5 Å². The first-order chi connectivity index (χ1) is 12.2. The first-order valence-corrected chi connectivity index (χ1v) is 9.05. The molecule has 5 atom stereocenters. The van der Waals surface area contributed by atoms with Crippen molar-refractivity contribution < 1.29 is 4.79 Å². The molecule has 4 heteroatoms. The molecule has 3 aliphatic heterocycles. The smallest absolute Gasteiger partial charge is 0.222 e. The molecule has 4 nitrogen and oxygen atoms in total. The second kappa shape index (κ2) is 6.62. The van der Waals surface area contributed by atoms with Gasteiger partial charge < -0.3 is 11.5 Å². The minimum Gasteiger partial charge on any atom is -0.369 e. The number of nitrogens with zero attached hydrogens (tertiary/aromatic N) is 1. The van der Waals surface area contributed by atoms with Gasteiger partial charge in [0.25, 0.3) is 0 Å². The van der Waals surface area contributed by atoms with Crippen molar-refractivity contribution in [3.8, 4) is 0 Å². The van der Waals surface area contributed by atoms with E-state index < -0.39 is 0 Å². The molecule has 0 radical (unpaired) electrons. The van der Waals surface area contributed by atoms with Crippen molar-refractivity contribution >= 4 is 5.91 Å². The zero-order valence-corrected chi connectivity index (χ0v) is 14.3. The third-order valence-corrected chi connectivity index (χ3v) is 6.03. The molecule has 4 N–H and O–H groups in total. The summed E-state index contributed by atoms with van der Waals surface area (Å²) < 4.78 is 0. The molecule has 0 aromatic heterocycles. The Labute approximate surface area is 148 Å². The minimum absolute atomic E-state index is 0.0505. The number of piperidine rings is 3. The van der Waals surface area contributed by atoms with E-state index in [9.17, 15) is 4.79 Å². The van der Waals surface area contributed by atoms with Crippen molar-refractivity contribution in [3.63, 3.8) is 0 Å². The highest BCUT2D eigenvalue weighted by molar-refractivity contribution is 5.77. The van der Waals surface area contributed by atoms with Crippen LogP contribution in [0.5, 0.6) is 0 Å². The largest absolute Gasteiger partial charge is 0.369 e. The lowest BCUT2D eigenvalue weighted by atomic mass is 9.67. The highest BCUT2D eigenvalue weighted by atomic mass is 16.1. The normalized spacial score (nSPS) is 31.2. The number of rotatable bonds is 4. The zero-order valence-electron chi connectivity index (χ0n) is 14.3. The van der Waals surface area contributed by atoms with Crippen molar-refractivity contribution in [3.05, 3.63) is 71.8 Å². The van der Waals surface area contributed by atoms with Gasteiger partial charge in [0.2, 0.25) is 5.91 Å². The Hall–Kier alpha value is -2.17. The number of hydrogen-bond acceptors (Lipinski definition) is 3. The van der Waals surface area contributed by atoms with Crippen molar-refractivity contribution in [2.75, 3.05) is 13.1 Å². The monoisotopic (exact) mass is 335 g/mol. The summed E-state index contributed by atoms with van der Waals surface area (Å²) in [6.45, 7) is 1.72. The summed E-state index contributed by atoms with van der Waals surface area (Å²) in [6.07, 6.45) is 0.960. The topological polar surface area (TPSA) is 72.4 Å². The highest BCUT2D eigenvalue weighted by Gasteiger charge is 2.50. The molecular weight excluding hydrogens is 310 g/mol. The molecular formula is C21H25N3O. The molecule has 5 rings (SSSR count). The van der Waals surface area contributed by atoms with Crippen molar-refractivity contribution in [2.45, 2.75) is 24.4 Å². The van der Waals surface area contributed by atoms with E-state index in [-0.39, 0.29) is 35.7 Å². The Morgan fingerprint density at radius 2 is 1.56 bits per heavy atom. The van der Waals surface area contributed by atoms with Gasteiger partial charge in [-0.1, -0.05) is 60.7 Å². The average molecular weight is 335 g/mol. The van der Waals surface area contributed by atoms with Crippen LogP contribution in [0, 0.1) is 11.8 Å². The quantitative estimate of drug-likeness (QED) is 0.897. The standard InChI is InChI=1S/C21H25N3O/c22-19-16-11-12-24(13-17(16)21(23)25)20(19)18(14-7-3-1-4-8-14)15-9-5-2-6-10-15/h1-10,16-20H,11-13,22H2,(H2,23,25)/t16-,17-,19-,20-/m0/s1. The molecule has 3 aliphatic rings. The molecule has 2 bridgehead atoms. The number of amides is 1. The van der Waals surface area contributed by atoms with Gasteiger partial charge in [-0.25, -0.2) is 0 Å². The van der Waals surface area contributed by atoms with Crippen LogP contribution < -0.4 is 11.5 Å². The second-order valence-electron chi connectivity index (χ2n) is 7.32. The van der Waals surface area contributed by atoms with Crippen LogP contribution in [0.3, 0.4) is 0 Å². The van der Waals surface area contributed by atoms with E-state index >= 15 is 0 Å². The molecule has 130 valence electrons. The van der Waals surface area contributed by atoms with Crippen LogP contribution in [0.1, 0.15) is 23.5 Å². The Morgan fingerprint density at radius 1 is 1.00 bits per heavy atom. The number of carbonyl (C=O) groups excluding carboxylic acids is 1. The Morgan fingerprint density at radius 3 is 2.04 bits per heavy atom. The van der Waals surface area contributed by atoms with E-state index in [1.807, 2.05) is 12.1 Å². The van der Waals surface area contributed by atoms with E-state index in [1.54, 1.807) is 0 Å². The SMILES string of the molecule is NC(=O)[C@H]1CN2CC[C@@H]1[C@H](N)[C@@H]2C(c1ccccc1)c1ccccc1. The van der Waals surface area contributed by atoms with Gasteiger partial charge in [0.1, 0.15) is 0 Å². The number of primary amides is 1. The van der Waals surface area contributed by atoms with Crippen molar-refractivity contribution in [1.82, 2.24) is 4.90 Å². The van der Waals surface area contributed by atoms with Crippen LogP contribution in [0.2, 0.25) is 0 Å². The van der Waals surface area contributed by atoms with Gasteiger partial charge in [0.15, 0.2) is 0 Å². The van der Waals surface area contributed by atoms with Crippen LogP contribution in [0.25, 0.3) is 0 Å². The molecule has 0 spiro atoms. The number of carbonyl (C=O) groups is 1. The molecule has 0 aliphatic carbocycles. The van der Waals surface area contributed by atoms with Crippen molar-refractivity contribution in [2.24, 2.45) is 23.3 Å². The summed E-state index contributed by atoms with van der Waals surface area (Å²) in [5.74, 6) is 0.0585. The molecule has 3 heterocycles. The molecule has 1 unspecified atom stereocenters. The van der Waals surface area contributed by atoms with Crippen LogP contribution in [-0.4, -0.2) is 36.0 Å². The Bertz CT molecular complexity index is 692. The number of fused-ring (bicyclic) bond motifs is 3. The average Bonchev–Trinajstić information content (AvgIpc) is 2.66. The lowest BCUT2D eigenvalue weighted by Gasteiger charge is -2.55. The summed E-state index contributed by atoms with van der Waals surface area (Å²) in [7, 11) is 0. The maximum Gasteiger partial charge on any atom is 0.222 e. The molecule has 3 saturated heterocycles. The van der Waals surface area contributed by atoms with Gasteiger partial charge in [-0.15, -0.1) is 0 Å². The molecule has 0 saturated carbocycles. The fourth-order valence-electron chi connectivity index (χ4n) is 4.87. The lowest BCUT2D eigenvalue weighted by molar-refractivity contribution is -0.131. The van der Waals surface area contributed by atoms with E-state index in [2.05, 4.69) is 53.4 Å². The molecule has 2 aromatic rings. The van der Waals surface area contributed by atoms with Gasteiger partial charge in [-0.05, 0) is 30.0 Å². The predicted molar refractivity (Wildman–Crippen MR) is 98.9 cm³/mol. The van der Waals surface area contributed by atoms with Gasteiger partial charge in [-0.3, -0.25) is 9.69 Å². The molecule has 2 aromatic carbocycles. The van der Waals surface area contributed by atoms with Crippen LogP contribution in [0.4, 0.5) is 0 Å². The van der Waals surface area contributed by atoms with Crippen molar-refractivity contribution in [1.29, 1.82) is 0 Å². The number of hydrogen-bond donors (Lipinski definition) is 2. The molecule has 1 amide bonds. The predicted octanol–water partition coefficient (Wildman–Crippen LogP) is 1.95.